The molecule has 25 heavy (non-hydrogen) atoms. The van der Waals surface area contributed by atoms with Gasteiger partial charge in [-0.2, -0.15) is 13.2 Å². The van der Waals surface area contributed by atoms with Crippen molar-refractivity contribution >= 4 is 38.5 Å². The third-order valence-electron chi connectivity index (χ3n) is 3.51. The Bertz CT molecular complexity index is 1010. The molecule has 0 saturated heterocycles. The van der Waals surface area contributed by atoms with E-state index >= 15 is 0 Å². The molecular weight excluding hydrogens is 353 g/mol. The van der Waals surface area contributed by atoms with E-state index in [0.717, 1.165) is 15.2 Å². The molecule has 0 radical (unpaired) electrons. The molecule has 0 saturated carbocycles. The highest BCUT2D eigenvalue weighted by Gasteiger charge is 2.36. The van der Waals surface area contributed by atoms with E-state index in [-0.39, 0.29) is 11.5 Å². The minimum absolute atomic E-state index is 0.0233. The van der Waals surface area contributed by atoms with Gasteiger partial charge in [0.15, 0.2) is 11.5 Å². The van der Waals surface area contributed by atoms with Gasteiger partial charge in [-0.15, -0.1) is 11.3 Å². The second-order valence-electron chi connectivity index (χ2n) is 5.25. The fourth-order valence-corrected chi connectivity index (χ4v) is 3.37. The lowest BCUT2D eigenvalue weighted by molar-refractivity contribution is -0.144. The lowest BCUT2D eigenvalue weighted by Crippen LogP contribution is -2.14. The van der Waals surface area contributed by atoms with E-state index in [0.29, 0.717) is 18.5 Å². The van der Waals surface area contributed by atoms with Crippen molar-refractivity contribution in [3.8, 4) is 0 Å². The van der Waals surface area contributed by atoms with Gasteiger partial charge >= 0.3 is 6.18 Å². The van der Waals surface area contributed by atoms with Crippen LogP contribution in [0.25, 0.3) is 21.4 Å². The molecule has 0 spiro atoms. The van der Waals surface area contributed by atoms with E-state index in [1.807, 2.05) is 24.3 Å². The van der Waals surface area contributed by atoms with Crippen molar-refractivity contribution in [1.82, 2.24) is 24.9 Å². The normalized spacial score (nSPS) is 12.1. The molecule has 128 valence electrons. The molecule has 0 unspecified atom stereocenters. The molecule has 1 aromatic carbocycles. The third-order valence-corrected chi connectivity index (χ3v) is 4.60. The number of hydrogen-bond acceptors (Lipinski definition) is 6. The van der Waals surface area contributed by atoms with Crippen LogP contribution in [0.4, 0.5) is 19.0 Å². The van der Waals surface area contributed by atoms with Crippen LogP contribution in [-0.2, 0) is 12.6 Å². The van der Waals surface area contributed by atoms with E-state index in [9.17, 15) is 13.2 Å². The molecule has 0 aliphatic carbocycles. The van der Waals surface area contributed by atoms with Crippen molar-refractivity contribution in [2.75, 3.05) is 11.9 Å². The first-order valence-electron chi connectivity index (χ1n) is 7.37. The zero-order valence-corrected chi connectivity index (χ0v) is 13.4. The number of alkyl halides is 3. The van der Waals surface area contributed by atoms with Crippen molar-refractivity contribution in [2.45, 2.75) is 12.6 Å². The standard InChI is InChI=1S/C15H11F3N6S/c16-15(17,18)14-23-12(11-13(24-14)21-7-20-11)19-6-5-10-22-8-3-1-2-4-9(8)25-10/h1-4,7H,5-6H2,(H2,19,20,21,23,24). The smallest absolute Gasteiger partial charge is 0.368 e. The quantitative estimate of drug-likeness (QED) is 0.578. The number of aromatic nitrogens is 5. The number of nitrogens with one attached hydrogen (secondary N) is 2. The van der Waals surface area contributed by atoms with Gasteiger partial charge in [-0.25, -0.2) is 19.9 Å². The van der Waals surface area contributed by atoms with Crippen LogP contribution in [0.1, 0.15) is 10.8 Å². The summed E-state index contributed by atoms with van der Waals surface area (Å²) in [4.78, 5) is 18.1. The highest BCUT2D eigenvalue weighted by atomic mass is 32.1. The van der Waals surface area contributed by atoms with Crippen LogP contribution in [-0.4, -0.2) is 31.5 Å². The zero-order valence-electron chi connectivity index (χ0n) is 12.6. The number of halogens is 3. The highest BCUT2D eigenvalue weighted by molar-refractivity contribution is 7.18. The molecular formula is C15H11F3N6S. The number of rotatable bonds is 4. The molecule has 2 N–H and O–H groups in total. The number of H-pyrrole nitrogens is 1. The van der Waals surface area contributed by atoms with Crippen LogP contribution in [0, 0.1) is 0 Å². The number of thiazole rings is 1. The average molecular weight is 364 g/mol. The van der Waals surface area contributed by atoms with Crippen LogP contribution in [0.5, 0.6) is 0 Å². The van der Waals surface area contributed by atoms with E-state index in [1.165, 1.54) is 6.33 Å². The number of hydrogen-bond donors (Lipinski definition) is 2. The molecule has 0 aliphatic rings. The van der Waals surface area contributed by atoms with E-state index in [1.54, 1.807) is 11.3 Å². The molecule has 3 heterocycles. The highest BCUT2D eigenvalue weighted by Crippen LogP contribution is 2.29. The molecule has 4 rings (SSSR count). The number of benzene rings is 1. The first-order chi connectivity index (χ1) is 12.0. The zero-order chi connectivity index (χ0) is 17.4. The van der Waals surface area contributed by atoms with Crippen LogP contribution in [0.2, 0.25) is 0 Å². The summed E-state index contributed by atoms with van der Waals surface area (Å²) in [7, 11) is 0. The molecule has 0 aliphatic heterocycles. The number of aromatic amines is 1. The van der Waals surface area contributed by atoms with Gasteiger partial charge in [0.1, 0.15) is 5.52 Å². The molecule has 4 aromatic rings. The summed E-state index contributed by atoms with van der Waals surface area (Å²) in [5, 5.41) is 3.83. The molecule has 0 bridgehead atoms. The van der Waals surface area contributed by atoms with Crippen molar-refractivity contribution in [3.63, 3.8) is 0 Å². The molecule has 3 aromatic heterocycles. The first kappa shape index (κ1) is 15.8. The predicted octanol–water partition coefficient (Wildman–Crippen LogP) is 3.64. The maximum Gasteiger partial charge on any atom is 0.451 e. The van der Waals surface area contributed by atoms with E-state index in [2.05, 4.69) is 30.2 Å². The Morgan fingerprint density at radius 3 is 2.76 bits per heavy atom. The minimum Gasteiger partial charge on any atom is -0.368 e. The predicted molar refractivity (Wildman–Crippen MR) is 88.5 cm³/mol. The summed E-state index contributed by atoms with van der Waals surface area (Å²) in [6.07, 6.45) is -2.77. The summed E-state index contributed by atoms with van der Waals surface area (Å²) in [6, 6.07) is 7.77. The van der Waals surface area contributed by atoms with Gasteiger partial charge in [-0.05, 0) is 12.1 Å². The van der Waals surface area contributed by atoms with Gasteiger partial charge in [-0.3, -0.25) is 0 Å². The Hall–Kier alpha value is -2.75. The number of imidazole rings is 1. The van der Waals surface area contributed by atoms with Gasteiger partial charge in [0.2, 0.25) is 5.82 Å². The second kappa shape index (κ2) is 5.96. The maximum atomic E-state index is 12.9. The Kier molecular flexibility index (Phi) is 3.75. The number of anilines is 1. The van der Waals surface area contributed by atoms with Gasteiger partial charge < -0.3 is 10.3 Å². The summed E-state index contributed by atoms with van der Waals surface area (Å²) >= 11 is 1.56. The Morgan fingerprint density at radius 2 is 1.96 bits per heavy atom. The maximum absolute atomic E-state index is 12.9. The topological polar surface area (TPSA) is 79.4 Å². The third kappa shape index (κ3) is 3.12. The summed E-state index contributed by atoms with van der Waals surface area (Å²) in [6.45, 7) is 0.391. The number of nitrogens with zero attached hydrogens (tertiary/aromatic N) is 4. The van der Waals surface area contributed by atoms with Crippen molar-refractivity contribution < 1.29 is 13.2 Å². The summed E-state index contributed by atoms with van der Waals surface area (Å²) < 4.78 is 39.8. The van der Waals surface area contributed by atoms with Crippen molar-refractivity contribution in [3.05, 3.63) is 41.4 Å². The molecule has 0 amide bonds. The fraction of sp³-hybridized carbons (Fsp3) is 0.200. The number of fused-ring (bicyclic) bond motifs is 2. The summed E-state index contributed by atoms with van der Waals surface area (Å²) in [5.41, 5.74) is 1.24. The van der Waals surface area contributed by atoms with Crippen LogP contribution in [0.3, 0.4) is 0 Å². The lowest BCUT2D eigenvalue weighted by Gasteiger charge is -2.09. The van der Waals surface area contributed by atoms with E-state index < -0.39 is 12.0 Å². The van der Waals surface area contributed by atoms with Gasteiger partial charge in [-0.1, -0.05) is 12.1 Å². The fourth-order valence-electron chi connectivity index (χ4n) is 2.40. The van der Waals surface area contributed by atoms with Gasteiger partial charge in [0, 0.05) is 13.0 Å². The van der Waals surface area contributed by atoms with Crippen molar-refractivity contribution in [1.29, 1.82) is 0 Å². The number of para-hydroxylation sites is 1. The van der Waals surface area contributed by atoms with Crippen LogP contribution < -0.4 is 5.32 Å². The second-order valence-corrected chi connectivity index (χ2v) is 6.36. The Balaban J connectivity index is 1.55. The molecule has 10 heteroatoms. The first-order valence-corrected chi connectivity index (χ1v) is 8.19. The minimum atomic E-state index is -4.63. The lowest BCUT2D eigenvalue weighted by atomic mass is 10.3. The molecule has 0 fully saturated rings. The van der Waals surface area contributed by atoms with Gasteiger partial charge in [0.25, 0.3) is 0 Å². The largest absolute Gasteiger partial charge is 0.451 e. The Morgan fingerprint density at radius 1 is 1.12 bits per heavy atom. The van der Waals surface area contributed by atoms with Crippen molar-refractivity contribution in [2.24, 2.45) is 0 Å². The van der Waals surface area contributed by atoms with E-state index in [4.69, 9.17) is 0 Å². The monoisotopic (exact) mass is 364 g/mol. The molecule has 0 atom stereocenters. The van der Waals surface area contributed by atoms with Gasteiger partial charge in [0.05, 0.1) is 21.6 Å². The van der Waals surface area contributed by atoms with Crippen LogP contribution in [0.15, 0.2) is 30.6 Å². The Labute approximate surface area is 143 Å². The summed E-state index contributed by atoms with van der Waals surface area (Å²) in [5.74, 6) is -1.13. The van der Waals surface area contributed by atoms with Crippen LogP contribution >= 0.6 is 11.3 Å². The average Bonchev–Trinajstić information content (AvgIpc) is 3.19. The molecule has 6 nitrogen and oxygen atoms in total. The SMILES string of the molecule is FC(F)(F)c1nc(NCCc2nc3ccccc3s2)c2[nH]cnc2n1.